The van der Waals surface area contributed by atoms with Crippen LogP contribution in [0.4, 0.5) is 0 Å². The highest BCUT2D eigenvalue weighted by Crippen LogP contribution is 2.26. The van der Waals surface area contributed by atoms with Crippen molar-refractivity contribution in [3.8, 4) is 11.5 Å². The van der Waals surface area contributed by atoms with Gasteiger partial charge in [0.2, 0.25) is 0 Å². The lowest BCUT2D eigenvalue weighted by atomic mass is 10.1. The molecule has 0 aliphatic rings. The number of hydrogen-bond donors (Lipinski definition) is 0. The fraction of sp³-hybridized carbons (Fsp3) is 0.150. The first-order valence-corrected chi connectivity index (χ1v) is 8.40. The Morgan fingerprint density at radius 2 is 1.84 bits per heavy atom. The van der Waals surface area contributed by atoms with E-state index in [2.05, 4.69) is 9.24 Å². The molecule has 1 unspecified atom stereocenters. The van der Waals surface area contributed by atoms with Crippen LogP contribution in [0.1, 0.15) is 15.9 Å². The lowest BCUT2D eigenvalue weighted by molar-refractivity contribution is 0.104. The van der Waals surface area contributed by atoms with E-state index in [1.54, 1.807) is 26.4 Å². The zero-order chi connectivity index (χ0) is 18.0. The van der Waals surface area contributed by atoms with Crippen molar-refractivity contribution in [1.82, 2.24) is 4.57 Å². The van der Waals surface area contributed by atoms with Crippen LogP contribution >= 0.6 is 9.24 Å². The number of hydrogen-bond acceptors (Lipinski definition) is 3. The molecule has 1 atom stereocenters. The van der Waals surface area contributed by atoms with Gasteiger partial charge in [-0.3, -0.25) is 4.79 Å². The number of rotatable bonds is 5. The fourth-order valence-corrected chi connectivity index (χ4v) is 3.16. The Balaban J connectivity index is 1.90. The van der Waals surface area contributed by atoms with Crippen LogP contribution in [0.15, 0.2) is 48.7 Å². The summed E-state index contributed by atoms with van der Waals surface area (Å²) in [6, 6.07) is 11.4. The summed E-state index contributed by atoms with van der Waals surface area (Å²) >= 11 is 0. The predicted molar refractivity (Wildman–Crippen MR) is 105 cm³/mol. The van der Waals surface area contributed by atoms with Crippen molar-refractivity contribution < 1.29 is 14.3 Å². The van der Waals surface area contributed by atoms with E-state index in [1.165, 1.54) is 0 Å². The molecule has 0 saturated carbocycles. The molecule has 0 amide bonds. The van der Waals surface area contributed by atoms with Crippen molar-refractivity contribution >= 4 is 37.3 Å². The molecule has 0 aliphatic heterocycles. The number of methoxy groups -OCH3 is 2. The second kappa shape index (κ2) is 7.12. The number of ether oxygens (including phenoxy) is 2. The van der Waals surface area contributed by atoms with Crippen molar-refractivity contribution in [3.63, 3.8) is 0 Å². The van der Waals surface area contributed by atoms with Crippen molar-refractivity contribution in [2.75, 3.05) is 14.2 Å². The number of allylic oxidation sites excluding steroid dienone is 1. The molecule has 3 aromatic rings. The van der Waals surface area contributed by atoms with Crippen LogP contribution in [0.2, 0.25) is 0 Å². The highest BCUT2D eigenvalue weighted by Gasteiger charge is 2.08. The van der Waals surface area contributed by atoms with E-state index in [9.17, 15) is 4.79 Å². The van der Waals surface area contributed by atoms with Gasteiger partial charge in [0.1, 0.15) is 11.5 Å². The summed E-state index contributed by atoms with van der Waals surface area (Å²) in [7, 11) is 7.82. The number of aromatic nitrogens is 1. The summed E-state index contributed by atoms with van der Waals surface area (Å²) < 4.78 is 12.7. The van der Waals surface area contributed by atoms with Gasteiger partial charge in [-0.05, 0) is 42.5 Å². The van der Waals surface area contributed by atoms with Gasteiger partial charge in [0, 0.05) is 46.6 Å². The van der Waals surface area contributed by atoms with Gasteiger partial charge in [-0.25, -0.2) is 0 Å². The monoisotopic (exact) mass is 353 g/mol. The molecule has 0 radical (unpaired) electrons. The van der Waals surface area contributed by atoms with Gasteiger partial charge in [-0.15, -0.1) is 9.24 Å². The number of carbonyl (C=O) groups is 1. The van der Waals surface area contributed by atoms with Crippen molar-refractivity contribution in [1.29, 1.82) is 0 Å². The van der Waals surface area contributed by atoms with Crippen molar-refractivity contribution in [3.05, 3.63) is 59.8 Å². The first-order valence-electron chi connectivity index (χ1n) is 7.82. The Labute approximate surface area is 149 Å². The van der Waals surface area contributed by atoms with Crippen LogP contribution in [0.5, 0.6) is 11.5 Å². The number of nitrogens with zero attached hydrogens (tertiary/aromatic N) is 1. The highest BCUT2D eigenvalue weighted by atomic mass is 31.0. The quantitative estimate of drug-likeness (QED) is 0.400. The second-order valence-electron chi connectivity index (χ2n) is 5.73. The van der Waals surface area contributed by atoms with Crippen LogP contribution in [-0.2, 0) is 7.05 Å². The van der Waals surface area contributed by atoms with Crippen LogP contribution < -0.4 is 14.8 Å². The molecule has 0 fully saturated rings. The molecule has 0 N–H and O–H groups in total. The van der Waals surface area contributed by atoms with Crippen LogP contribution in [0.25, 0.3) is 17.0 Å². The van der Waals surface area contributed by atoms with Gasteiger partial charge >= 0.3 is 0 Å². The SMILES string of the molecule is COc1cc(OC)c(/C=C/C(=O)c2ccc3c(ccn3C)c2)cc1P. The number of benzene rings is 2. The molecule has 25 heavy (non-hydrogen) atoms. The molecule has 1 heterocycles. The van der Waals surface area contributed by atoms with E-state index in [0.29, 0.717) is 11.3 Å². The molecule has 128 valence electrons. The minimum Gasteiger partial charge on any atom is -0.496 e. The van der Waals surface area contributed by atoms with Crippen LogP contribution in [0, 0.1) is 0 Å². The van der Waals surface area contributed by atoms with Crippen molar-refractivity contribution in [2.24, 2.45) is 7.05 Å². The Morgan fingerprint density at radius 3 is 2.56 bits per heavy atom. The third-order valence-electron chi connectivity index (χ3n) is 4.17. The summed E-state index contributed by atoms with van der Waals surface area (Å²) in [6.07, 6.45) is 5.32. The summed E-state index contributed by atoms with van der Waals surface area (Å²) in [5.74, 6) is 1.33. The first-order chi connectivity index (χ1) is 12.0. The van der Waals surface area contributed by atoms with E-state index >= 15 is 0 Å². The van der Waals surface area contributed by atoms with Gasteiger partial charge in [-0.2, -0.15) is 0 Å². The molecule has 0 bridgehead atoms. The molecule has 0 saturated heterocycles. The molecule has 0 spiro atoms. The van der Waals surface area contributed by atoms with Crippen molar-refractivity contribution in [2.45, 2.75) is 0 Å². The Morgan fingerprint density at radius 1 is 1.08 bits per heavy atom. The molecule has 5 heteroatoms. The number of fused-ring (bicyclic) bond motifs is 1. The van der Waals surface area contributed by atoms with Gasteiger partial charge < -0.3 is 14.0 Å². The Bertz CT molecular complexity index is 972. The lowest BCUT2D eigenvalue weighted by Gasteiger charge is -2.10. The third-order valence-corrected chi connectivity index (χ3v) is 4.62. The minimum absolute atomic E-state index is 0.0473. The Hall–Kier alpha value is -2.58. The highest BCUT2D eigenvalue weighted by molar-refractivity contribution is 7.27. The summed E-state index contributed by atoms with van der Waals surface area (Å²) in [5, 5.41) is 1.96. The topological polar surface area (TPSA) is 40.5 Å². The zero-order valence-corrected chi connectivity index (χ0v) is 15.6. The maximum absolute atomic E-state index is 12.5. The smallest absolute Gasteiger partial charge is 0.185 e. The molecule has 0 aliphatic carbocycles. The maximum Gasteiger partial charge on any atom is 0.185 e. The Kier molecular flexibility index (Phi) is 4.91. The second-order valence-corrected chi connectivity index (χ2v) is 6.36. The number of aryl methyl sites for hydroxylation is 1. The maximum atomic E-state index is 12.5. The molecular formula is C20H20NO3P. The van der Waals surface area contributed by atoms with E-state index in [1.807, 2.05) is 54.2 Å². The summed E-state index contributed by atoms with van der Waals surface area (Å²) in [6.45, 7) is 0. The molecule has 3 rings (SSSR count). The average Bonchev–Trinajstić information content (AvgIpc) is 3.00. The van der Waals surface area contributed by atoms with Crippen LogP contribution in [0.3, 0.4) is 0 Å². The fourth-order valence-electron chi connectivity index (χ4n) is 2.78. The molecule has 1 aromatic heterocycles. The number of carbonyl (C=O) groups excluding carboxylic acids is 1. The zero-order valence-electron chi connectivity index (χ0n) is 14.4. The average molecular weight is 353 g/mol. The van der Waals surface area contributed by atoms with Gasteiger partial charge in [0.25, 0.3) is 0 Å². The van der Waals surface area contributed by atoms with E-state index in [-0.39, 0.29) is 5.78 Å². The van der Waals surface area contributed by atoms with Gasteiger partial charge in [-0.1, -0.05) is 0 Å². The van der Waals surface area contributed by atoms with E-state index < -0.39 is 0 Å². The normalized spacial score (nSPS) is 11.2. The largest absolute Gasteiger partial charge is 0.496 e. The third kappa shape index (κ3) is 3.45. The standard InChI is InChI=1S/C20H20NO3P/c1-21-9-8-13-10-14(4-6-16(13)21)17(22)7-5-15-11-20(25)19(24-3)12-18(15)23-2/h4-12H,25H2,1-3H3/b7-5+. The molecule has 4 nitrogen and oxygen atoms in total. The van der Waals surface area contributed by atoms with E-state index in [0.717, 1.165) is 27.5 Å². The van der Waals surface area contributed by atoms with Crippen LogP contribution in [-0.4, -0.2) is 24.6 Å². The molecule has 2 aromatic carbocycles. The predicted octanol–water partition coefficient (Wildman–Crippen LogP) is 3.59. The first kappa shape index (κ1) is 17.2. The van der Waals surface area contributed by atoms with Gasteiger partial charge in [0.15, 0.2) is 5.78 Å². The van der Waals surface area contributed by atoms with Gasteiger partial charge in [0.05, 0.1) is 14.2 Å². The summed E-state index contributed by atoms with van der Waals surface area (Å²) in [5.41, 5.74) is 2.58. The van der Waals surface area contributed by atoms with E-state index in [4.69, 9.17) is 9.47 Å². The molecular weight excluding hydrogens is 333 g/mol. The number of ketones is 1. The lowest BCUT2D eigenvalue weighted by Crippen LogP contribution is -2.01. The minimum atomic E-state index is -0.0473. The summed E-state index contributed by atoms with van der Waals surface area (Å²) in [4.78, 5) is 12.5.